The molecular formula is HO8S2Ti-. The molecule has 0 radical (unpaired) electrons. The van der Waals surface area contributed by atoms with Gasteiger partial charge in [-0.2, -0.15) is 8.42 Å². The Balaban J connectivity index is 0. The van der Waals surface area contributed by atoms with Gasteiger partial charge in [0.15, 0.2) is 0 Å². The maximum absolute atomic E-state index is 9.81. The normalized spacial score (nSPS) is 11.1. The van der Waals surface area contributed by atoms with Crippen LogP contribution in [0.1, 0.15) is 0 Å². The first-order valence-electron chi connectivity index (χ1n) is 1.52. The number of rotatable bonds is 4. The van der Waals surface area contributed by atoms with E-state index in [9.17, 15) is 16.8 Å². The van der Waals surface area contributed by atoms with Crippen molar-refractivity contribution in [3.05, 3.63) is 0 Å². The van der Waals surface area contributed by atoms with Crippen molar-refractivity contribution in [3.63, 3.8) is 0 Å². The summed E-state index contributed by atoms with van der Waals surface area (Å²) < 4.78 is 47.2. The van der Waals surface area contributed by atoms with Crippen molar-refractivity contribution in [2.75, 3.05) is 0 Å². The second-order valence-electron chi connectivity index (χ2n) is 0.823. The monoisotopic (exact) mass is 241 g/mol. The summed E-state index contributed by atoms with van der Waals surface area (Å²) in [6.45, 7) is 0. The van der Waals surface area contributed by atoms with E-state index in [1.807, 2.05) is 0 Å². The summed E-state index contributed by atoms with van der Waals surface area (Å²) in [5, 5.41) is 7.41. The third-order valence-corrected chi connectivity index (χ3v) is 0.941. The van der Waals surface area contributed by atoms with Crippen LogP contribution in [0.2, 0.25) is 0 Å². The van der Waals surface area contributed by atoms with Crippen LogP contribution in [-0.4, -0.2) is 13.7 Å². The van der Waals surface area contributed by atoms with Gasteiger partial charge >= 0.3 is 10.4 Å². The van der Waals surface area contributed by atoms with E-state index in [-0.39, 0.29) is 21.7 Å². The molecule has 0 saturated carbocycles. The molecular weight excluding hydrogens is 240 g/mol. The Morgan fingerprint density at radius 1 is 1.27 bits per heavy atom. The zero-order chi connectivity index (χ0) is 8.20. The topological polar surface area (TPSA) is 116 Å². The Hall–Kier alpha value is 0.454. The van der Waals surface area contributed by atoms with Crippen LogP contribution in [0, 0.1) is 0 Å². The van der Waals surface area contributed by atoms with Crippen LogP contribution in [0.5, 0.6) is 0 Å². The molecule has 0 heterocycles. The van der Waals surface area contributed by atoms with Crippen molar-refractivity contribution in [2.24, 2.45) is 0 Å². The van der Waals surface area contributed by atoms with Crippen LogP contribution in [0.25, 0.3) is 0 Å². The van der Waals surface area contributed by atoms with Gasteiger partial charge in [0.1, 0.15) is 0 Å². The van der Waals surface area contributed by atoms with Crippen LogP contribution in [0.4, 0.5) is 0 Å². The average molecular weight is 241 g/mol. The van der Waals surface area contributed by atoms with Gasteiger partial charge < -0.3 is 8.42 Å². The third-order valence-electron chi connectivity index (χ3n) is 0.258. The summed E-state index contributed by atoms with van der Waals surface area (Å²) in [6, 6.07) is 0. The predicted octanol–water partition coefficient (Wildman–Crippen LogP) is -1.11. The summed E-state index contributed by atoms with van der Waals surface area (Å²) in [4.78, 5) is 0. The Morgan fingerprint density at radius 3 is 2.00 bits per heavy atom. The van der Waals surface area contributed by atoms with Crippen molar-refractivity contribution in [3.8, 4) is 0 Å². The minimum atomic E-state index is -4.77. The Labute approximate surface area is 78.3 Å². The molecule has 8 nitrogen and oxygen atoms in total. The Bertz CT molecular complexity index is 237. The first-order valence-corrected chi connectivity index (χ1v) is 3.85. The molecule has 0 spiro atoms. The van der Waals surface area contributed by atoms with E-state index in [2.05, 4.69) is 13.0 Å². The average Bonchev–Trinajstić information content (AvgIpc) is 1.85. The molecule has 0 unspecified atom stereocenters. The van der Waals surface area contributed by atoms with Gasteiger partial charge in [0.05, 0.1) is 11.0 Å². The molecule has 0 rings (SSSR count). The number of hydrogen-bond acceptors (Lipinski definition) is 9. The fourth-order valence-corrected chi connectivity index (χ4v) is 0.548. The Morgan fingerprint density at radius 2 is 1.73 bits per heavy atom. The fraction of sp³-hybridized carbons (Fsp3) is 0. The van der Waals surface area contributed by atoms with E-state index in [1.165, 1.54) is 0 Å². The van der Waals surface area contributed by atoms with E-state index in [4.69, 9.17) is 5.26 Å². The summed E-state index contributed by atoms with van der Waals surface area (Å²) >= 11 is 0. The van der Waals surface area contributed by atoms with Crippen LogP contribution in [0.3, 0.4) is 0 Å². The molecule has 0 amide bonds. The molecule has 0 atom stereocenters. The second-order valence-corrected chi connectivity index (χ2v) is 2.47. The first kappa shape index (κ1) is 14.0. The molecule has 0 aromatic rings. The third kappa shape index (κ3) is 8.36. The molecule has 0 aromatic heterocycles. The SMILES string of the molecule is O=[S-](=O)OOS(=O)(=O)OO.[Ti]. The molecule has 1 N–H and O–H groups in total. The maximum atomic E-state index is 9.81. The fourth-order valence-electron chi connectivity index (χ4n) is 0.0691. The van der Waals surface area contributed by atoms with Gasteiger partial charge in [-0.15, -0.1) is 0 Å². The predicted molar refractivity (Wildman–Crippen MR) is 23.5 cm³/mol. The summed E-state index contributed by atoms with van der Waals surface area (Å²) in [5.41, 5.74) is 0. The van der Waals surface area contributed by atoms with Crippen molar-refractivity contribution in [1.29, 1.82) is 0 Å². The van der Waals surface area contributed by atoms with Gasteiger partial charge in [0.25, 0.3) is 0 Å². The maximum Gasteiger partial charge on any atom is 0.451 e. The van der Waals surface area contributed by atoms with Crippen molar-refractivity contribution in [1.82, 2.24) is 0 Å². The number of hydrogen-bond donors (Lipinski definition) is 1. The van der Waals surface area contributed by atoms with E-state index >= 15 is 0 Å². The molecule has 0 aliphatic carbocycles. The van der Waals surface area contributed by atoms with E-state index in [0.29, 0.717) is 0 Å². The summed E-state index contributed by atoms with van der Waals surface area (Å²) in [5.74, 6) is 0. The van der Waals surface area contributed by atoms with Gasteiger partial charge in [-0.25, -0.2) is 5.26 Å². The van der Waals surface area contributed by atoms with Crippen LogP contribution in [-0.2, 0) is 64.5 Å². The van der Waals surface area contributed by atoms with Crippen LogP contribution in [0.15, 0.2) is 0 Å². The zero-order valence-corrected chi connectivity index (χ0v) is 7.82. The molecule has 0 aliphatic heterocycles. The van der Waals surface area contributed by atoms with Crippen LogP contribution >= 0.6 is 0 Å². The smallest absolute Gasteiger partial charge is 0.394 e. The van der Waals surface area contributed by atoms with Crippen molar-refractivity contribution in [2.45, 2.75) is 0 Å². The van der Waals surface area contributed by atoms with Crippen LogP contribution < -0.4 is 0 Å². The van der Waals surface area contributed by atoms with E-state index < -0.39 is 21.4 Å². The minimum Gasteiger partial charge on any atom is -0.394 e. The van der Waals surface area contributed by atoms with E-state index in [1.54, 1.807) is 0 Å². The van der Waals surface area contributed by atoms with Crippen molar-refractivity contribution < 1.29 is 56.8 Å². The molecule has 0 fully saturated rings. The second kappa shape index (κ2) is 6.02. The van der Waals surface area contributed by atoms with Gasteiger partial charge in [0, 0.05) is 21.7 Å². The summed E-state index contributed by atoms with van der Waals surface area (Å²) in [7, 11) is -7.93. The standard InChI is InChI=1S/HO8S2.Ti/c1-6-10(4,5)8-7-9(2)3;/h1H;/q-1;. The van der Waals surface area contributed by atoms with Gasteiger partial charge in [-0.1, -0.05) is 8.67 Å². The molecule has 11 heavy (non-hydrogen) atoms. The molecule has 66 valence electrons. The van der Waals surface area contributed by atoms with Gasteiger partial charge in [-0.05, 0) is 0 Å². The Kier molecular flexibility index (Phi) is 7.67. The van der Waals surface area contributed by atoms with Gasteiger partial charge in [-0.3, -0.25) is 4.33 Å². The molecule has 11 heteroatoms. The van der Waals surface area contributed by atoms with E-state index in [0.717, 1.165) is 0 Å². The van der Waals surface area contributed by atoms with Crippen molar-refractivity contribution >= 4 is 21.4 Å². The molecule has 0 bridgehead atoms. The molecule has 0 saturated heterocycles. The van der Waals surface area contributed by atoms with Gasteiger partial charge in [0.2, 0.25) is 0 Å². The largest absolute Gasteiger partial charge is 0.451 e. The zero-order valence-electron chi connectivity index (χ0n) is 4.62. The quantitative estimate of drug-likeness (QED) is 0.285. The first-order chi connectivity index (χ1) is 4.48. The molecule has 0 aliphatic rings. The molecule has 0 aromatic carbocycles. The minimum absolute atomic E-state index is 0. The summed E-state index contributed by atoms with van der Waals surface area (Å²) in [6.07, 6.45) is 0.